The maximum Gasteiger partial charge on any atom is 0.226 e. The number of nitrogens with zero attached hydrogens (tertiary/aromatic N) is 4. The normalized spacial score (nSPS) is 17.6. The third-order valence-electron chi connectivity index (χ3n) is 4.79. The van der Waals surface area contributed by atoms with Crippen molar-refractivity contribution in [2.24, 2.45) is 7.05 Å². The van der Waals surface area contributed by atoms with E-state index in [-0.39, 0.29) is 11.8 Å². The van der Waals surface area contributed by atoms with Crippen molar-refractivity contribution in [3.8, 4) is 5.75 Å². The van der Waals surface area contributed by atoms with Crippen molar-refractivity contribution >= 4 is 5.91 Å². The highest BCUT2D eigenvalue weighted by Crippen LogP contribution is 2.25. The lowest BCUT2D eigenvalue weighted by molar-refractivity contribution is -0.133. The molecule has 134 valence electrons. The molecule has 2 aromatic rings. The van der Waals surface area contributed by atoms with Gasteiger partial charge in [-0.2, -0.15) is 0 Å². The van der Waals surface area contributed by atoms with Crippen LogP contribution in [-0.2, 0) is 11.8 Å². The summed E-state index contributed by atoms with van der Waals surface area (Å²) in [5, 5.41) is 8.16. The van der Waals surface area contributed by atoms with Gasteiger partial charge in [-0.25, -0.2) is 0 Å². The van der Waals surface area contributed by atoms with Crippen LogP contribution in [0, 0.1) is 13.8 Å². The highest BCUT2D eigenvalue weighted by molar-refractivity contribution is 5.76. The molecular weight excluding hydrogens is 316 g/mol. The summed E-state index contributed by atoms with van der Waals surface area (Å²) in [6, 6.07) is 6.09. The van der Waals surface area contributed by atoms with Crippen LogP contribution in [0.15, 0.2) is 24.5 Å². The molecule has 1 aromatic carbocycles. The second-order valence-corrected chi connectivity index (χ2v) is 6.85. The first-order valence-corrected chi connectivity index (χ1v) is 8.86. The number of piperidine rings is 1. The molecule has 1 aliphatic rings. The first kappa shape index (κ1) is 17.5. The molecule has 0 N–H and O–H groups in total. The van der Waals surface area contributed by atoms with Crippen LogP contribution in [0.2, 0.25) is 0 Å². The number of carbonyl (C=O) groups excluding carboxylic acids is 1. The van der Waals surface area contributed by atoms with Crippen molar-refractivity contribution in [1.82, 2.24) is 19.7 Å². The molecule has 1 atom stereocenters. The van der Waals surface area contributed by atoms with Crippen LogP contribution in [0.5, 0.6) is 5.75 Å². The number of aryl methyl sites for hydroxylation is 3. The van der Waals surface area contributed by atoms with E-state index in [1.807, 2.05) is 35.6 Å². The van der Waals surface area contributed by atoms with E-state index in [2.05, 4.69) is 23.2 Å². The van der Waals surface area contributed by atoms with E-state index in [1.54, 1.807) is 6.33 Å². The molecule has 1 saturated heterocycles. The van der Waals surface area contributed by atoms with E-state index in [4.69, 9.17) is 4.74 Å². The van der Waals surface area contributed by atoms with Crippen molar-refractivity contribution in [3.63, 3.8) is 0 Å². The van der Waals surface area contributed by atoms with E-state index < -0.39 is 0 Å². The summed E-state index contributed by atoms with van der Waals surface area (Å²) in [4.78, 5) is 14.5. The van der Waals surface area contributed by atoms with Gasteiger partial charge in [0.15, 0.2) is 0 Å². The number of amides is 1. The van der Waals surface area contributed by atoms with E-state index in [9.17, 15) is 4.79 Å². The Bertz CT molecular complexity index is 741. The van der Waals surface area contributed by atoms with Crippen LogP contribution in [0.4, 0.5) is 0 Å². The predicted octanol–water partition coefficient (Wildman–Crippen LogP) is 2.61. The lowest BCUT2D eigenvalue weighted by atomic mass is 9.97. The molecule has 0 bridgehead atoms. The van der Waals surface area contributed by atoms with Gasteiger partial charge in [-0.3, -0.25) is 4.79 Å². The third kappa shape index (κ3) is 4.18. The molecule has 1 aromatic heterocycles. The molecule has 1 amide bonds. The quantitative estimate of drug-likeness (QED) is 0.838. The molecule has 6 heteroatoms. The number of hydrogen-bond acceptors (Lipinski definition) is 4. The minimum atomic E-state index is 0.150. The summed E-state index contributed by atoms with van der Waals surface area (Å²) in [6.45, 7) is 6.03. The Balaban J connectivity index is 1.51. The van der Waals surface area contributed by atoms with Gasteiger partial charge in [-0.15, -0.1) is 10.2 Å². The molecule has 25 heavy (non-hydrogen) atoms. The molecule has 0 radical (unpaired) electrons. The fourth-order valence-corrected chi connectivity index (χ4v) is 3.44. The maximum atomic E-state index is 12.5. The summed E-state index contributed by atoms with van der Waals surface area (Å²) in [6.07, 6.45) is 4.17. The topological polar surface area (TPSA) is 60.2 Å². The van der Waals surface area contributed by atoms with Gasteiger partial charge in [0.1, 0.15) is 17.9 Å². The SMILES string of the molecule is Cc1ccc(OCCC(=O)N2CCC[C@@H](c3nncn3C)C2)c(C)c1. The van der Waals surface area contributed by atoms with Gasteiger partial charge in [0.05, 0.1) is 13.0 Å². The fourth-order valence-electron chi connectivity index (χ4n) is 3.44. The molecule has 0 aliphatic carbocycles. The monoisotopic (exact) mass is 342 g/mol. The lowest BCUT2D eigenvalue weighted by Gasteiger charge is -2.32. The van der Waals surface area contributed by atoms with Crippen LogP contribution in [0.25, 0.3) is 0 Å². The molecular formula is C19H26N4O2. The molecule has 1 aliphatic heterocycles. The minimum absolute atomic E-state index is 0.150. The van der Waals surface area contributed by atoms with Gasteiger partial charge >= 0.3 is 0 Å². The summed E-state index contributed by atoms with van der Waals surface area (Å²) in [7, 11) is 1.95. The number of ether oxygens (including phenoxy) is 1. The largest absolute Gasteiger partial charge is 0.493 e. The Morgan fingerprint density at radius 3 is 2.92 bits per heavy atom. The molecule has 3 rings (SSSR count). The zero-order valence-electron chi connectivity index (χ0n) is 15.2. The van der Waals surface area contributed by atoms with E-state index in [0.717, 1.165) is 43.1 Å². The zero-order valence-corrected chi connectivity index (χ0v) is 15.2. The summed E-state index contributed by atoms with van der Waals surface area (Å²) < 4.78 is 7.74. The Kier molecular flexibility index (Phi) is 5.36. The number of hydrogen-bond donors (Lipinski definition) is 0. The van der Waals surface area contributed by atoms with Crippen LogP contribution in [-0.4, -0.2) is 45.3 Å². The zero-order chi connectivity index (χ0) is 17.8. The number of benzene rings is 1. The Labute approximate surface area is 148 Å². The van der Waals surface area contributed by atoms with Gasteiger partial charge in [0, 0.05) is 26.1 Å². The average Bonchev–Trinajstić information content (AvgIpc) is 3.03. The van der Waals surface area contributed by atoms with Crippen molar-refractivity contribution in [3.05, 3.63) is 41.5 Å². The number of carbonyl (C=O) groups is 1. The molecule has 2 heterocycles. The average molecular weight is 342 g/mol. The summed E-state index contributed by atoms with van der Waals surface area (Å²) >= 11 is 0. The Morgan fingerprint density at radius 2 is 2.20 bits per heavy atom. The Hall–Kier alpha value is -2.37. The van der Waals surface area contributed by atoms with Crippen molar-refractivity contribution in [2.45, 2.75) is 39.0 Å². The first-order chi connectivity index (χ1) is 12.0. The number of likely N-dealkylation sites (tertiary alicyclic amines) is 1. The highest BCUT2D eigenvalue weighted by Gasteiger charge is 2.27. The first-order valence-electron chi connectivity index (χ1n) is 8.86. The number of rotatable bonds is 5. The summed E-state index contributed by atoms with van der Waals surface area (Å²) in [5.74, 6) is 2.24. The van der Waals surface area contributed by atoms with Crippen molar-refractivity contribution in [2.75, 3.05) is 19.7 Å². The third-order valence-corrected chi connectivity index (χ3v) is 4.79. The van der Waals surface area contributed by atoms with Gasteiger partial charge in [0.2, 0.25) is 5.91 Å². The maximum absolute atomic E-state index is 12.5. The van der Waals surface area contributed by atoms with Crippen molar-refractivity contribution in [1.29, 1.82) is 0 Å². The highest BCUT2D eigenvalue weighted by atomic mass is 16.5. The number of aromatic nitrogens is 3. The van der Waals surface area contributed by atoms with Crippen LogP contribution < -0.4 is 4.74 Å². The van der Waals surface area contributed by atoms with Gasteiger partial charge in [-0.1, -0.05) is 17.7 Å². The van der Waals surface area contributed by atoms with Gasteiger partial charge in [0.25, 0.3) is 0 Å². The molecule has 1 fully saturated rings. The molecule has 0 unspecified atom stereocenters. The second kappa shape index (κ2) is 7.68. The second-order valence-electron chi connectivity index (χ2n) is 6.85. The van der Waals surface area contributed by atoms with E-state index in [0.29, 0.717) is 13.0 Å². The Morgan fingerprint density at radius 1 is 1.36 bits per heavy atom. The van der Waals surface area contributed by atoms with E-state index >= 15 is 0 Å². The van der Waals surface area contributed by atoms with Gasteiger partial charge in [-0.05, 0) is 38.3 Å². The van der Waals surface area contributed by atoms with E-state index in [1.165, 1.54) is 5.56 Å². The smallest absolute Gasteiger partial charge is 0.226 e. The fraction of sp³-hybridized carbons (Fsp3) is 0.526. The van der Waals surface area contributed by atoms with Crippen molar-refractivity contribution < 1.29 is 9.53 Å². The molecule has 0 spiro atoms. The molecule has 6 nitrogen and oxygen atoms in total. The van der Waals surface area contributed by atoms with Crippen LogP contribution >= 0.6 is 0 Å². The lowest BCUT2D eigenvalue weighted by Crippen LogP contribution is -2.40. The summed E-state index contributed by atoms with van der Waals surface area (Å²) in [5.41, 5.74) is 2.32. The van der Waals surface area contributed by atoms with Crippen LogP contribution in [0.1, 0.15) is 42.1 Å². The predicted molar refractivity (Wildman–Crippen MR) is 95.6 cm³/mol. The van der Waals surface area contributed by atoms with Gasteiger partial charge < -0.3 is 14.2 Å². The minimum Gasteiger partial charge on any atom is -0.493 e. The van der Waals surface area contributed by atoms with Crippen LogP contribution in [0.3, 0.4) is 0 Å². The standard InChI is InChI=1S/C19H26N4O2/c1-14-6-7-17(15(2)11-14)25-10-8-18(24)23-9-4-5-16(12-23)19-21-20-13-22(19)3/h6-7,11,13,16H,4-5,8-10,12H2,1-3H3/t16-/m1/s1. The molecule has 0 saturated carbocycles.